The van der Waals surface area contributed by atoms with Crippen LogP contribution in [0.3, 0.4) is 0 Å². The fraction of sp³-hybridized carbons (Fsp3) is 0.235. The molecule has 0 aliphatic rings. The van der Waals surface area contributed by atoms with Crippen LogP contribution in [0.5, 0.6) is 5.88 Å². The van der Waals surface area contributed by atoms with Crippen LogP contribution in [0.15, 0.2) is 35.0 Å². The van der Waals surface area contributed by atoms with Crippen LogP contribution in [-0.2, 0) is 11.3 Å². The monoisotopic (exact) mass is 345 g/mol. The summed E-state index contributed by atoms with van der Waals surface area (Å²) in [6.45, 7) is 3.93. The van der Waals surface area contributed by atoms with E-state index in [1.165, 1.54) is 6.33 Å². The number of ether oxygens (including phenoxy) is 1. The Hall–Kier alpha value is -2.60. The van der Waals surface area contributed by atoms with Gasteiger partial charge in [-0.25, -0.2) is 9.97 Å². The van der Waals surface area contributed by atoms with E-state index in [2.05, 4.69) is 15.3 Å². The molecule has 1 N–H and O–H groups in total. The smallest absolute Gasteiger partial charge is 0.258 e. The molecule has 1 amide bonds. The summed E-state index contributed by atoms with van der Waals surface area (Å²) in [6.07, 6.45) is 1.35. The average molecular weight is 346 g/mol. The van der Waals surface area contributed by atoms with Gasteiger partial charge in [0.05, 0.1) is 0 Å². The van der Waals surface area contributed by atoms with E-state index in [0.717, 1.165) is 16.9 Å². The standard InChI is InChI=1S/C17H16ClN3O3/c1-10-11(2)24-17-15(10)16(20-9-21-17)23-8-14(22)19-7-12-5-3-4-6-13(12)18/h3-6,9H,7-8H2,1-2H3,(H,19,22). The van der Waals surface area contributed by atoms with E-state index < -0.39 is 0 Å². The molecule has 0 atom stereocenters. The lowest BCUT2D eigenvalue weighted by atomic mass is 10.2. The number of hydrogen-bond acceptors (Lipinski definition) is 5. The lowest BCUT2D eigenvalue weighted by molar-refractivity contribution is -0.123. The molecular formula is C17H16ClN3O3. The fourth-order valence-electron chi connectivity index (χ4n) is 2.28. The molecule has 0 saturated heterocycles. The predicted octanol–water partition coefficient (Wildman–Crippen LogP) is 3.19. The van der Waals surface area contributed by atoms with Gasteiger partial charge in [0.1, 0.15) is 17.5 Å². The number of halogens is 1. The number of carbonyl (C=O) groups is 1. The minimum absolute atomic E-state index is 0.153. The van der Waals surface area contributed by atoms with Gasteiger partial charge in [0.15, 0.2) is 6.61 Å². The Morgan fingerprint density at radius 3 is 2.88 bits per heavy atom. The molecule has 0 bridgehead atoms. The Balaban J connectivity index is 1.64. The van der Waals surface area contributed by atoms with Crippen molar-refractivity contribution in [1.29, 1.82) is 0 Å². The van der Waals surface area contributed by atoms with E-state index in [0.29, 0.717) is 28.5 Å². The number of amides is 1. The fourth-order valence-corrected chi connectivity index (χ4v) is 2.48. The van der Waals surface area contributed by atoms with Crippen molar-refractivity contribution in [2.24, 2.45) is 0 Å². The Morgan fingerprint density at radius 1 is 1.29 bits per heavy atom. The Labute approximate surface area is 143 Å². The van der Waals surface area contributed by atoms with Crippen molar-refractivity contribution in [1.82, 2.24) is 15.3 Å². The molecule has 124 valence electrons. The summed E-state index contributed by atoms with van der Waals surface area (Å²) in [7, 11) is 0. The topological polar surface area (TPSA) is 77.2 Å². The normalized spacial score (nSPS) is 10.8. The zero-order chi connectivity index (χ0) is 17.1. The molecule has 1 aromatic carbocycles. The molecule has 0 fully saturated rings. The number of fused-ring (bicyclic) bond motifs is 1. The maximum absolute atomic E-state index is 12.0. The van der Waals surface area contributed by atoms with Crippen LogP contribution in [-0.4, -0.2) is 22.5 Å². The second-order valence-corrected chi connectivity index (χ2v) is 5.71. The molecule has 6 nitrogen and oxygen atoms in total. The number of aryl methyl sites for hydroxylation is 2. The molecule has 0 saturated carbocycles. The molecule has 2 aromatic heterocycles. The SMILES string of the molecule is Cc1oc2ncnc(OCC(=O)NCc3ccccc3Cl)c2c1C. The highest BCUT2D eigenvalue weighted by atomic mass is 35.5. The summed E-state index contributed by atoms with van der Waals surface area (Å²) in [5.41, 5.74) is 2.20. The predicted molar refractivity (Wildman–Crippen MR) is 90.1 cm³/mol. The molecular weight excluding hydrogens is 330 g/mol. The highest BCUT2D eigenvalue weighted by molar-refractivity contribution is 6.31. The summed E-state index contributed by atoms with van der Waals surface area (Å²) in [5, 5.41) is 4.06. The summed E-state index contributed by atoms with van der Waals surface area (Å²) in [4.78, 5) is 20.1. The van der Waals surface area contributed by atoms with Crippen molar-refractivity contribution < 1.29 is 13.9 Å². The van der Waals surface area contributed by atoms with Crippen molar-refractivity contribution in [3.05, 3.63) is 52.5 Å². The largest absolute Gasteiger partial charge is 0.467 e. The molecule has 7 heteroatoms. The van der Waals surface area contributed by atoms with E-state index in [1.807, 2.05) is 32.0 Å². The molecule has 2 heterocycles. The van der Waals surface area contributed by atoms with Gasteiger partial charge in [-0.15, -0.1) is 0 Å². The number of hydrogen-bond donors (Lipinski definition) is 1. The first-order chi connectivity index (χ1) is 11.6. The Bertz CT molecular complexity index is 892. The number of carbonyl (C=O) groups excluding carboxylic acids is 1. The summed E-state index contributed by atoms with van der Waals surface area (Å²) in [6, 6.07) is 7.34. The third-order valence-corrected chi connectivity index (χ3v) is 4.07. The van der Waals surface area contributed by atoms with E-state index in [4.69, 9.17) is 20.8 Å². The van der Waals surface area contributed by atoms with Crippen molar-refractivity contribution in [2.45, 2.75) is 20.4 Å². The van der Waals surface area contributed by atoms with Gasteiger partial charge in [0.25, 0.3) is 5.91 Å². The summed E-state index contributed by atoms with van der Waals surface area (Å²) in [5.74, 6) is 0.820. The van der Waals surface area contributed by atoms with Crippen LogP contribution in [0.4, 0.5) is 0 Å². The second-order valence-electron chi connectivity index (χ2n) is 5.30. The quantitative estimate of drug-likeness (QED) is 0.768. The number of aromatic nitrogens is 2. The van der Waals surface area contributed by atoms with Crippen molar-refractivity contribution in [2.75, 3.05) is 6.61 Å². The van der Waals surface area contributed by atoms with E-state index in [9.17, 15) is 4.79 Å². The first kappa shape index (κ1) is 16.3. The first-order valence-corrected chi connectivity index (χ1v) is 7.77. The van der Waals surface area contributed by atoms with Gasteiger partial charge in [0, 0.05) is 17.1 Å². The maximum atomic E-state index is 12.0. The van der Waals surface area contributed by atoms with Gasteiger partial charge in [-0.05, 0) is 25.5 Å². The number of benzene rings is 1. The Morgan fingerprint density at radius 2 is 2.08 bits per heavy atom. The van der Waals surface area contributed by atoms with Gasteiger partial charge in [0.2, 0.25) is 11.6 Å². The van der Waals surface area contributed by atoms with Gasteiger partial charge < -0.3 is 14.5 Å². The molecule has 3 rings (SSSR count). The molecule has 0 unspecified atom stereocenters. The van der Waals surface area contributed by atoms with Crippen molar-refractivity contribution in [3.63, 3.8) is 0 Å². The van der Waals surface area contributed by atoms with Gasteiger partial charge in [-0.3, -0.25) is 4.79 Å². The molecule has 0 aliphatic carbocycles. The minimum atomic E-state index is -0.264. The lowest BCUT2D eigenvalue weighted by Gasteiger charge is -2.08. The van der Waals surface area contributed by atoms with Crippen molar-refractivity contribution in [3.8, 4) is 5.88 Å². The second kappa shape index (κ2) is 6.88. The average Bonchev–Trinajstić information content (AvgIpc) is 2.87. The molecule has 3 aromatic rings. The van der Waals surface area contributed by atoms with Gasteiger partial charge in [-0.2, -0.15) is 0 Å². The minimum Gasteiger partial charge on any atom is -0.467 e. The van der Waals surface area contributed by atoms with Crippen LogP contribution in [0.25, 0.3) is 11.1 Å². The lowest BCUT2D eigenvalue weighted by Crippen LogP contribution is -2.28. The van der Waals surface area contributed by atoms with Crippen LogP contribution >= 0.6 is 11.6 Å². The number of furan rings is 1. The highest BCUT2D eigenvalue weighted by Gasteiger charge is 2.15. The number of nitrogens with one attached hydrogen (secondary N) is 1. The summed E-state index contributed by atoms with van der Waals surface area (Å²) >= 11 is 6.06. The molecule has 0 spiro atoms. The van der Waals surface area contributed by atoms with E-state index >= 15 is 0 Å². The Kier molecular flexibility index (Phi) is 4.66. The van der Waals surface area contributed by atoms with Crippen LogP contribution in [0.1, 0.15) is 16.9 Å². The first-order valence-electron chi connectivity index (χ1n) is 7.40. The highest BCUT2D eigenvalue weighted by Crippen LogP contribution is 2.29. The van der Waals surface area contributed by atoms with E-state index in [-0.39, 0.29) is 12.5 Å². The molecule has 0 radical (unpaired) electrons. The van der Waals surface area contributed by atoms with Gasteiger partial charge >= 0.3 is 0 Å². The number of nitrogens with zero attached hydrogens (tertiary/aromatic N) is 2. The van der Waals surface area contributed by atoms with Crippen LogP contribution in [0, 0.1) is 13.8 Å². The van der Waals surface area contributed by atoms with Crippen LogP contribution < -0.4 is 10.1 Å². The molecule has 0 aliphatic heterocycles. The number of rotatable bonds is 5. The maximum Gasteiger partial charge on any atom is 0.258 e. The zero-order valence-corrected chi connectivity index (χ0v) is 14.1. The van der Waals surface area contributed by atoms with E-state index in [1.54, 1.807) is 6.07 Å². The van der Waals surface area contributed by atoms with Crippen molar-refractivity contribution >= 4 is 28.6 Å². The third-order valence-electron chi connectivity index (χ3n) is 3.70. The van der Waals surface area contributed by atoms with Gasteiger partial charge in [-0.1, -0.05) is 29.8 Å². The third kappa shape index (κ3) is 3.33. The van der Waals surface area contributed by atoms with Crippen LogP contribution in [0.2, 0.25) is 5.02 Å². The molecule has 24 heavy (non-hydrogen) atoms. The zero-order valence-electron chi connectivity index (χ0n) is 13.3. The summed E-state index contributed by atoms with van der Waals surface area (Å²) < 4.78 is 11.1.